The third-order valence-corrected chi connectivity index (χ3v) is 4.53. The zero-order valence-electron chi connectivity index (χ0n) is 10.0. The third kappa shape index (κ3) is 2.86. The fourth-order valence-electron chi connectivity index (χ4n) is 2.00. The van der Waals surface area contributed by atoms with Gasteiger partial charge < -0.3 is 0 Å². The third-order valence-electron chi connectivity index (χ3n) is 2.97. The molecule has 0 amide bonds. The Bertz CT molecular complexity index is 485. The van der Waals surface area contributed by atoms with Crippen LogP contribution in [-0.4, -0.2) is 25.8 Å². The second-order valence-electron chi connectivity index (χ2n) is 4.25. The van der Waals surface area contributed by atoms with Crippen LogP contribution in [0.25, 0.3) is 0 Å². The van der Waals surface area contributed by atoms with E-state index in [1.54, 1.807) is 0 Å². The molecule has 1 aromatic rings. The van der Waals surface area contributed by atoms with Crippen molar-refractivity contribution in [2.75, 3.05) is 13.1 Å². The molecule has 0 fully saturated rings. The number of benzene rings is 1. The van der Waals surface area contributed by atoms with Gasteiger partial charge in [-0.25, -0.2) is 4.72 Å². The first kappa shape index (κ1) is 12.5. The lowest BCUT2D eigenvalue weighted by Gasteiger charge is -2.28. The van der Waals surface area contributed by atoms with Gasteiger partial charge in [0.1, 0.15) is 0 Å². The second-order valence-corrected chi connectivity index (χ2v) is 6.01. The molecule has 1 N–H and O–H groups in total. The molecule has 0 spiro atoms. The average Bonchev–Trinajstić information content (AvgIpc) is 2.36. The second kappa shape index (κ2) is 5.16. The highest BCUT2D eigenvalue weighted by Gasteiger charge is 2.25. The van der Waals surface area contributed by atoms with E-state index in [0.717, 1.165) is 18.4 Å². The molecular formula is C12H18N2O2S. The highest BCUT2D eigenvalue weighted by molar-refractivity contribution is 7.87. The summed E-state index contributed by atoms with van der Waals surface area (Å²) in [6, 6.07) is 8.02. The van der Waals surface area contributed by atoms with Gasteiger partial charge in [-0.2, -0.15) is 12.7 Å². The summed E-state index contributed by atoms with van der Waals surface area (Å²) >= 11 is 0. The summed E-state index contributed by atoms with van der Waals surface area (Å²) in [6.07, 6.45) is 1.60. The minimum Gasteiger partial charge on any atom is -0.202 e. The van der Waals surface area contributed by atoms with Crippen LogP contribution in [0.1, 0.15) is 24.5 Å². The van der Waals surface area contributed by atoms with E-state index in [2.05, 4.69) is 10.8 Å². The summed E-state index contributed by atoms with van der Waals surface area (Å²) in [5.74, 6) is 0. The standard InChI is InChI=1S/C12H18N2O2S/c1-2-8-13-17(15,16)14-9-7-11-5-3-4-6-12(11)10-14/h3-6,13H,2,7-10H2,1H3. The average molecular weight is 254 g/mol. The van der Waals surface area contributed by atoms with Gasteiger partial charge >= 0.3 is 0 Å². The van der Waals surface area contributed by atoms with E-state index < -0.39 is 10.2 Å². The van der Waals surface area contributed by atoms with Gasteiger partial charge in [0.2, 0.25) is 0 Å². The molecule has 1 aliphatic heterocycles. The fraction of sp³-hybridized carbons (Fsp3) is 0.500. The van der Waals surface area contributed by atoms with E-state index in [1.165, 1.54) is 9.87 Å². The number of hydrogen-bond acceptors (Lipinski definition) is 2. The molecule has 0 saturated heterocycles. The molecule has 4 nitrogen and oxygen atoms in total. The Morgan fingerprint density at radius 3 is 2.71 bits per heavy atom. The van der Waals surface area contributed by atoms with E-state index in [9.17, 15) is 8.42 Å². The maximum absolute atomic E-state index is 12.0. The van der Waals surface area contributed by atoms with Crippen molar-refractivity contribution in [3.63, 3.8) is 0 Å². The minimum absolute atomic E-state index is 0.481. The van der Waals surface area contributed by atoms with E-state index in [0.29, 0.717) is 19.6 Å². The van der Waals surface area contributed by atoms with Crippen LogP contribution in [-0.2, 0) is 23.2 Å². The summed E-state index contributed by atoms with van der Waals surface area (Å²) in [6.45, 7) is 3.50. The van der Waals surface area contributed by atoms with Gasteiger partial charge in [-0.1, -0.05) is 31.2 Å². The number of rotatable bonds is 4. The molecule has 94 valence electrons. The Balaban J connectivity index is 2.12. The summed E-state index contributed by atoms with van der Waals surface area (Å²) in [5, 5.41) is 0. The molecule has 2 rings (SSSR count). The monoisotopic (exact) mass is 254 g/mol. The van der Waals surface area contributed by atoms with Gasteiger partial charge in [0.05, 0.1) is 0 Å². The SMILES string of the molecule is CCCNS(=O)(=O)N1CCc2ccccc2C1. The lowest BCUT2D eigenvalue weighted by Crippen LogP contribution is -2.43. The molecule has 0 aliphatic carbocycles. The molecule has 1 heterocycles. The largest absolute Gasteiger partial charge is 0.279 e. The van der Waals surface area contributed by atoms with E-state index >= 15 is 0 Å². The predicted octanol–water partition coefficient (Wildman–Crippen LogP) is 1.29. The fourth-order valence-corrected chi connectivity index (χ4v) is 3.28. The quantitative estimate of drug-likeness (QED) is 0.880. The minimum atomic E-state index is -3.30. The Morgan fingerprint density at radius 1 is 1.29 bits per heavy atom. The van der Waals surface area contributed by atoms with E-state index in [4.69, 9.17) is 0 Å². The Morgan fingerprint density at radius 2 is 2.00 bits per heavy atom. The molecule has 17 heavy (non-hydrogen) atoms. The lowest BCUT2D eigenvalue weighted by molar-refractivity contribution is 0.384. The normalized spacial score (nSPS) is 16.8. The molecule has 0 saturated carbocycles. The highest BCUT2D eigenvalue weighted by atomic mass is 32.2. The lowest BCUT2D eigenvalue weighted by atomic mass is 10.0. The first-order chi connectivity index (χ1) is 8.13. The summed E-state index contributed by atoms with van der Waals surface area (Å²) in [4.78, 5) is 0. The molecule has 1 aromatic carbocycles. The number of nitrogens with one attached hydrogen (secondary N) is 1. The van der Waals surface area contributed by atoms with Crippen LogP contribution in [0.3, 0.4) is 0 Å². The number of fused-ring (bicyclic) bond motifs is 1. The van der Waals surface area contributed by atoms with Gasteiger partial charge in [0.25, 0.3) is 10.2 Å². The van der Waals surface area contributed by atoms with Crippen LogP contribution in [0, 0.1) is 0 Å². The van der Waals surface area contributed by atoms with Crippen LogP contribution in [0.5, 0.6) is 0 Å². The first-order valence-corrected chi connectivity index (χ1v) is 7.39. The molecule has 0 atom stereocenters. The Labute approximate surface area is 103 Å². The summed E-state index contributed by atoms with van der Waals surface area (Å²) in [5.41, 5.74) is 2.37. The molecule has 5 heteroatoms. The van der Waals surface area contributed by atoms with Crippen LogP contribution in [0.4, 0.5) is 0 Å². The Kier molecular flexibility index (Phi) is 3.81. The zero-order chi connectivity index (χ0) is 12.3. The van der Waals surface area contributed by atoms with Gasteiger partial charge in [0, 0.05) is 19.6 Å². The van der Waals surface area contributed by atoms with Gasteiger partial charge in [-0.15, -0.1) is 0 Å². The van der Waals surface area contributed by atoms with Crippen LogP contribution in [0.2, 0.25) is 0 Å². The number of nitrogens with zero attached hydrogens (tertiary/aromatic N) is 1. The highest BCUT2D eigenvalue weighted by Crippen LogP contribution is 2.20. The van der Waals surface area contributed by atoms with Crippen LogP contribution in [0.15, 0.2) is 24.3 Å². The molecule has 1 aliphatic rings. The van der Waals surface area contributed by atoms with Gasteiger partial charge in [-0.3, -0.25) is 0 Å². The predicted molar refractivity (Wildman–Crippen MR) is 67.8 cm³/mol. The van der Waals surface area contributed by atoms with Crippen molar-refractivity contribution in [2.45, 2.75) is 26.3 Å². The van der Waals surface area contributed by atoms with Crippen molar-refractivity contribution in [3.8, 4) is 0 Å². The first-order valence-electron chi connectivity index (χ1n) is 5.95. The van der Waals surface area contributed by atoms with Gasteiger partial charge in [0.15, 0.2) is 0 Å². The van der Waals surface area contributed by atoms with Crippen LogP contribution >= 0.6 is 0 Å². The maximum Gasteiger partial charge on any atom is 0.279 e. The van der Waals surface area contributed by atoms with Crippen molar-refractivity contribution >= 4 is 10.2 Å². The van der Waals surface area contributed by atoms with Crippen molar-refractivity contribution < 1.29 is 8.42 Å². The van der Waals surface area contributed by atoms with Crippen molar-refractivity contribution in [1.82, 2.24) is 9.03 Å². The van der Waals surface area contributed by atoms with Crippen LogP contribution < -0.4 is 4.72 Å². The molecule has 0 bridgehead atoms. The molecule has 0 unspecified atom stereocenters. The van der Waals surface area contributed by atoms with E-state index in [-0.39, 0.29) is 0 Å². The van der Waals surface area contributed by atoms with Crippen molar-refractivity contribution in [2.24, 2.45) is 0 Å². The van der Waals surface area contributed by atoms with Crippen molar-refractivity contribution in [1.29, 1.82) is 0 Å². The van der Waals surface area contributed by atoms with E-state index in [1.807, 2.05) is 25.1 Å². The summed E-state index contributed by atoms with van der Waals surface area (Å²) < 4.78 is 28.1. The topological polar surface area (TPSA) is 49.4 Å². The van der Waals surface area contributed by atoms with Gasteiger partial charge in [-0.05, 0) is 24.0 Å². The Hall–Kier alpha value is -0.910. The smallest absolute Gasteiger partial charge is 0.202 e. The van der Waals surface area contributed by atoms with Crippen molar-refractivity contribution in [3.05, 3.63) is 35.4 Å². The molecular weight excluding hydrogens is 236 g/mol. The molecule has 0 radical (unpaired) electrons. The zero-order valence-corrected chi connectivity index (χ0v) is 10.8. The maximum atomic E-state index is 12.0. The summed E-state index contributed by atoms with van der Waals surface area (Å²) in [7, 11) is -3.30. The number of hydrogen-bond donors (Lipinski definition) is 1. The molecule has 0 aromatic heterocycles.